The second kappa shape index (κ2) is 5.25. The van der Waals surface area contributed by atoms with E-state index in [4.69, 9.17) is 0 Å². The Balaban J connectivity index is 2.57. The highest BCUT2D eigenvalue weighted by atomic mass is 16.2. The molecule has 0 aliphatic carbocycles. The van der Waals surface area contributed by atoms with Gasteiger partial charge in [0.15, 0.2) is 0 Å². The first-order valence-corrected chi connectivity index (χ1v) is 6.82. The normalized spacial score (nSPS) is 13.6. The maximum atomic E-state index is 11.4. The van der Waals surface area contributed by atoms with E-state index in [0.29, 0.717) is 11.0 Å². The van der Waals surface area contributed by atoms with Crippen LogP contribution in [-0.4, -0.2) is 16.5 Å². The number of aromatic amines is 2. The minimum Gasteiger partial charge on any atom is -0.316 e. The number of hydrogen-bond acceptors (Lipinski definition) is 3. The molecular formula is C15H21N3O2. The summed E-state index contributed by atoms with van der Waals surface area (Å²) >= 11 is 0. The molecule has 108 valence electrons. The van der Waals surface area contributed by atoms with Gasteiger partial charge in [0, 0.05) is 6.04 Å². The van der Waals surface area contributed by atoms with Gasteiger partial charge >= 0.3 is 11.1 Å². The van der Waals surface area contributed by atoms with E-state index >= 15 is 0 Å². The standard InChI is InChI=1S/C15H21N3O2/c1-5-16-12(15(2,3)4)9-6-7-10-11(8-9)18-14(20)13(19)17-10/h6-8,12,16H,5H2,1-4H3,(H,17,19)(H,18,20). The van der Waals surface area contributed by atoms with Crippen molar-refractivity contribution in [3.63, 3.8) is 0 Å². The molecule has 1 aromatic carbocycles. The number of hydrogen-bond donors (Lipinski definition) is 3. The summed E-state index contributed by atoms with van der Waals surface area (Å²) < 4.78 is 0. The predicted molar refractivity (Wildman–Crippen MR) is 81.1 cm³/mol. The summed E-state index contributed by atoms with van der Waals surface area (Å²) in [5.74, 6) is 0. The minimum absolute atomic E-state index is 0.0478. The molecule has 0 fully saturated rings. The quantitative estimate of drug-likeness (QED) is 0.749. The van der Waals surface area contributed by atoms with E-state index in [-0.39, 0.29) is 11.5 Å². The van der Waals surface area contributed by atoms with Crippen LogP contribution in [0.25, 0.3) is 11.0 Å². The van der Waals surface area contributed by atoms with Crippen LogP contribution in [0.4, 0.5) is 0 Å². The molecule has 1 heterocycles. The van der Waals surface area contributed by atoms with Gasteiger partial charge < -0.3 is 15.3 Å². The van der Waals surface area contributed by atoms with Crippen molar-refractivity contribution in [3.05, 3.63) is 44.5 Å². The fourth-order valence-electron chi connectivity index (χ4n) is 2.44. The molecule has 0 amide bonds. The van der Waals surface area contributed by atoms with Gasteiger partial charge in [-0.3, -0.25) is 9.59 Å². The van der Waals surface area contributed by atoms with Crippen LogP contribution in [0.15, 0.2) is 27.8 Å². The SMILES string of the molecule is CCNC(c1ccc2[nH]c(=O)c(=O)[nH]c2c1)C(C)(C)C. The van der Waals surface area contributed by atoms with Crippen LogP contribution in [-0.2, 0) is 0 Å². The Kier molecular flexibility index (Phi) is 3.81. The smallest absolute Gasteiger partial charge is 0.314 e. The fourth-order valence-corrected chi connectivity index (χ4v) is 2.44. The molecule has 0 bridgehead atoms. The van der Waals surface area contributed by atoms with E-state index in [1.165, 1.54) is 0 Å². The largest absolute Gasteiger partial charge is 0.316 e. The number of H-pyrrole nitrogens is 2. The van der Waals surface area contributed by atoms with Gasteiger partial charge in [0.2, 0.25) is 0 Å². The van der Waals surface area contributed by atoms with Crippen molar-refractivity contribution in [2.24, 2.45) is 5.41 Å². The number of benzene rings is 1. The summed E-state index contributed by atoms with van der Waals surface area (Å²) in [6.45, 7) is 9.43. The van der Waals surface area contributed by atoms with Crippen LogP contribution in [0.2, 0.25) is 0 Å². The highest BCUT2D eigenvalue weighted by Crippen LogP contribution is 2.33. The summed E-state index contributed by atoms with van der Waals surface area (Å²) in [4.78, 5) is 27.9. The zero-order valence-corrected chi connectivity index (χ0v) is 12.3. The van der Waals surface area contributed by atoms with E-state index in [9.17, 15) is 9.59 Å². The zero-order valence-electron chi connectivity index (χ0n) is 12.3. The Labute approximate surface area is 117 Å². The lowest BCUT2D eigenvalue weighted by molar-refractivity contribution is 0.277. The molecule has 0 aliphatic heterocycles. The average Bonchev–Trinajstić information content (AvgIpc) is 2.35. The van der Waals surface area contributed by atoms with Crippen molar-refractivity contribution >= 4 is 11.0 Å². The molecule has 2 aromatic rings. The molecule has 2 rings (SSSR count). The third-order valence-electron chi connectivity index (χ3n) is 3.35. The molecule has 0 spiro atoms. The first kappa shape index (κ1) is 14.5. The first-order valence-electron chi connectivity index (χ1n) is 6.82. The van der Waals surface area contributed by atoms with E-state index in [1.54, 1.807) is 0 Å². The lowest BCUT2D eigenvalue weighted by Crippen LogP contribution is -2.32. The van der Waals surface area contributed by atoms with Crippen LogP contribution < -0.4 is 16.4 Å². The third kappa shape index (κ3) is 2.82. The van der Waals surface area contributed by atoms with Crippen LogP contribution in [0, 0.1) is 5.41 Å². The minimum atomic E-state index is -0.621. The fraction of sp³-hybridized carbons (Fsp3) is 0.467. The van der Waals surface area contributed by atoms with E-state index in [0.717, 1.165) is 12.1 Å². The van der Waals surface area contributed by atoms with Gasteiger partial charge in [0.1, 0.15) is 0 Å². The van der Waals surface area contributed by atoms with Crippen LogP contribution >= 0.6 is 0 Å². The average molecular weight is 275 g/mol. The van der Waals surface area contributed by atoms with E-state index < -0.39 is 11.1 Å². The first-order chi connectivity index (χ1) is 9.32. The summed E-state index contributed by atoms with van der Waals surface area (Å²) in [6.07, 6.45) is 0. The molecule has 3 N–H and O–H groups in total. The maximum Gasteiger partial charge on any atom is 0.314 e. The molecule has 5 heteroatoms. The second-order valence-electron chi connectivity index (χ2n) is 6.07. The van der Waals surface area contributed by atoms with Crippen LogP contribution in [0.1, 0.15) is 39.3 Å². The summed E-state index contributed by atoms with van der Waals surface area (Å²) in [7, 11) is 0. The molecule has 1 aromatic heterocycles. The molecule has 0 saturated carbocycles. The molecule has 0 radical (unpaired) electrons. The lowest BCUT2D eigenvalue weighted by Gasteiger charge is -2.32. The number of nitrogens with one attached hydrogen (secondary N) is 3. The van der Waals surface area contributed by atoms with E-state index in [2.05, 4.69) is 43.0 Å². The van der Waals surface area contributed by atoms with Gasteiger partial charge in [0.05, 0.1) is 11.0 Å². The Morgan fingerprint density at radius 3 is 2.25 bits per heavy atom. The van der Waals surface area contributed by atoms with Crippen LogP contribution in [0.3, 0.4) is 0 Å². The van der Waals surface area contributed by atoms with E-state index in [1.807, 2.05) is 18.2 Å². The molecule has 1 atom stereocenters. The molecule has 5 nitrogen and oxygen atoms in total. The zero-order chi connectivity index (χ0) is 14.9. The number of rotatable bonds is 3. The van der Waals surface area contributed by atoms with Gasteiger partial charge in [-0.15, -0.1) is 0 Å². The van der Waals surface area contributed by atoms with Gasteiger partial charge in [-0.05, 0) is 29.7 Å². The predicted octanol–water partition coefficient (Wildman–Crippen LogP) is 1.91. The highest BCUT2D eigenvalue weighted by Gasteiger charge is 2.25. The van der Waals surface area contributed by atoms with Gasteiger partial charge in [-0.1, -0.05) is 33.8 Å². The van der Waals surface area contributed by atoms with Crippen molar-refractivity contribution in [2.75, 3.05) is 6.54 Å². The van der Waals surface area contributed by atoms with Gasteiger partial charge in [-0.25, -0.2) is 0 Å². The Bertz CT molecular complexity index is 722. The Morgan fingerprint density at radius 1 is 1.10 bits per heavy atom. The molecule has 0 saturated heterocycles. The monoisotopic (exact) mass is 275 g/mol. The van der Waals surface area contributed by atoms with Crippen molar-refractivity contribution < 1.29 is 0 Å². The maximum absolute atomic E-state index is 11.4. The van der Waals surface area contributed by atoms with Crippen molar-refractivity contribution in [1.82, 2.24) is 15.3 Å². The summed E-state index contributed by atoms with van der Waals surface area (Å²) in [5.41, 5.74) is 1.19. The molecule has 0 aliphatic rings. The Morgan fingerprint density at radius 2 is 1.70 bits per heavy atom. The van der Waals surface area contributed by atoms with Crippen molar-refractivity contribution in [2.45, 2.75) is 33.7 Å². The Hall–Kier alpha value is -1.88. The number of fused-ring (bicyclic) bond motifs is 1. The topological polar surface area (TPSA) is 77.8 Å². The van der Waals surface area contributed by atoms with Crippen molar-refractivity contribution in [3.8, 4) is 0 Å². The second-order valence-corrected chi connectivity index (χ2v) is 6.07. The molecule has 20 heavy (non-hydrogen) atoms. The van der Waals surface area contributed by atoms with Gasteiger partial charge in [-0.2, -0.15) is 0 Å². The van der Waals surface area contributed by atoms with Crippen LogP contribution in [0.5, 0.6) is 0 Å². The summed E-state index contributed by atoms with van der Waals surface area (Å²) in [6, 6.07) is 5.91. The summed E-state index contributed by atoms with van der Waals surface area (Å²) in [5, 5.41) is 3.47. The van der Waals surface area contributed by atoms with Gasteiger partial charge in [0.25, 0.3) is 0 Å². The lowest BCUT2D eigenvalue weighted by atomic mass is 9.82. The third-order valence-corrected chi connectivity index (χ3v) is 3.35. The highest BCUT2D eigenvalue weighted by molar-refractivity contribution is 5.74. The molecule has 1 unspecified atom stereocenters. The number of aromatic nitrogens is 2. The molecular weight excluding hydrogens is 254 g/mol. The van der Waals surface area contributed by atoms with Crippen molar-refractivity contribution in [1.29, 1.82) is 0 Å².